The number of thioether (sulfide) groups is 1. The molecule has 4 aromatic rings. The van der Waals surface area contributed by atoms with E-state index < -0.39 is 11.8 Å². The number of rotatable bonds is 9. The molecule has 7 nitrogen and oxygen atoms in total. The molecule has 0 aliphatic carbocycles. The SMILES string of the molecule is O=C(CSc1cccc(NC(=O)/C(=C/c2cccnc2)NC(=O)c2ccccc2)c1)Nc1ccccc1. The first-order valence-electron chi connectivity index (χ1n) is 11.4. The summed E-state index contributed by atoms with van der Waals surface area (Å²) in [4.78, 5) is 43.1. The van der Waals surface area contributed by atoms with Crippen molar-refractivity contribution in [3.8, 4) is 0 Å². The van der Waals surface area contributed by atoms with Gasteiger partial charge in [-0.05, 0) is 60.2 Å². The highest BCUT2D eigenvalue weighted by atomic mass is 32.2. The van der Waals surface area contributed by atoms with Crippen LogP contribution >= 0.6 is 11.8 Å². The molecular weight excluding hydrogens is 484 g/mol. The lowest BCUT2D eigenvalue weighted by atomic mass is 10.2. The van der Waals surface area contributed by atoms with Gasteiger partial charge in [-0.1, -0.05) is 48.5 Å². The summed E-state index contributed by atoms with van der Waals surface area (Å²) < 4.78 is 0. The molecule has 0 saturated heterocycles. The number of hydrogen-bond donors (Lipinski definition) is 3. The molecule has 0 bridgehead atoms. The summed E-state index contributed by atoms with van der Waals surface area (Å²) in [6.45, 7) is 0. The van der Waals surface area contributed by atoms with E-state index in [2.05, 4.69) is 20.9 Å². The average Bonchev–Trinajstić information content (AvgIpc) is 2.93. The van der Waals surface area contributed by atoms with Crippen LogP contribution < -0.4 is 16.0 Å². The second-order valence-electron chi connectivity index (χ2n) is 7.85. The average molecular weight is 509 g/mol. The van der Waals surface area contributed by atoms with E-state index in [9.17, 15) is 14.4 Å². The van der Waals surface area contributed by atoms with E-state index in [1.807, 2.05) is 42.5 Å². The third-order valence-electron chi connectivity index (χ3n) is 5.04. The van der Waals surface area contributed by atoms with Gasteiger partial charge in [-0.25, -0.2) is 0 Å². The zero-order chi connectivity index (χ0) is 25.9. The van der Waals surface area contributed by atoms with Crippen molar-refractivity contribution in [2.24, 2.45) is 0 Å². The van der Waals surface area contributed by atoms with Gasteiger partial charge in [-0.2, -0.15) is 0 Å². The predicted molar refractivity (Wildman–Crippen MR) is 147 cm³/mol. The van der Waals surface area contributed by atoms with Crippen LogP contribution in [0.3, 0.4) is 0 Å². The van der Waals surface area contributed by atoms with Crippen molar-refractivity contribution >= 4 is 46.9 Å². The Morgan fingerprint density at radius 3 is 2.24 bits per heavy atom. The van der Waals surface area contributed by atoms with Crippen LogP contribution in [0, 0.1) is 0 Å². The fourth-order valence-corrected chi connectivity index (χ4v) is 4.05. The third-order valence-corrected chi connectivity index (χ3v) is 6.04. The third kappa shape index (κ3) is 7.91. The first-order chi connectivity index (χ1) is 18.1. The lowest BCUT2D eigenvalue weighted by Gasteiger charge is -2.12. The largest absolute Gasteiger partial charge is 0.325 e. The van der Waals surface area contributed by atoms with Crippen LogP contribution in [0.1, 0.15) is 15.9 Å². The van der Waals surface area contributed by atoms with Crippen molar-refractivity contribution in [3.05, 3.63) is 126 Å². The molecule has 0 spiro atoms. The number of nitrogens with zero attached hydrogens (tertiary/aromatic N) is 1. The molecule has 0 atom stereocenters. The second-order valence-corrected chi connectivity index (χ2v) is 8.90. The molecule has 0 fully saturated rings. The summed E-state index contributed by atoms with van der Waals surface area (Å²) in [5.41, 5.74) is 2.43. The van der Waals surface area contributed by atoms with Crippen molar-refractivity contribution in [2.45, 2.75) is 4.90 Å². The molecule has 4 rings (SSSR count). The first kappa shape index (κ1) is 25.4. The first-order valence-corrected chi connectivity index (χ1v) is 12.4. The van der Waals surface area contributed by atoms with Crippen LogP contribution in [-0.2, 0) is 9.59 Å². The van der Waals surface area contributed by atoms with Gasteiger partial charge in [0, 0.05) is 34.2 Å². The van der Waals surface area contributed by atoms with E-state index in [0.717, 1.165) is 10.6 Å². The van der Waals surface area contributed by atoms with Crippen molar-refractivity contribution < 1.29 is 14.4 Å². The van der Waals surface area contributed by atoms with Crippen LogP contribution in [0.15, 0.2) is 120 Å². The minimum absolute atomic E-state index is 0.0714. The fourth-order valence-electron chi connectivity index (χ4n) is 3.30. The Morgan fingerprint density at radius 2 is 1.51 bits per heavy atom. The van der Waals surface area contributed by atoms with Crippen LogP contribution in [0.4, 0.5) is 11.4 Å². The van der Waals surface area contributed by atoms with Gasteiger partial charge in [-0.15, -0.1) is 11.8 Å². The number of amides is 3. The van der Waals surface area contributed by atoms with Gasteiger partial charge in [0.15, 0.2) is 0 Å². The topological polar surface area (TPSA) is 100 Å². The van der Waals surface area contributed by atoms with Gasteiger partial charge in [0.1, 0.15) is 5.70 Å². The quantitative estimate of drug-likeness (QED) is 0.213. The Kier molecular flexibility index (Phi) is 8.82. The molecule has 0 aliphatic heterocycles. The van der Waals surface area contributed by atoms with Gasteiger partial charge < -0.3 is 16.0 Å². The van der Waals surface area contributed by atoms with E-state index in [4.69, 9.17) is 0 Å². The van der Waals surface area contributed by atoms with Crippen molar-refractivity contribution in [3.63, 3.8) is 0 Å². The van der Waals surface area contributed by atoms with Gasteiger partial charge >= 0.3 is 0 Å². The van der Waals surface area contributed by atoms with Gasteiger partial charge in [0.05, 0.1) is 5.75 Å². The molecule has 1 aromatic heterocycles. The maximum absolute atomic E-state index is 13.2. The standard InChI is InChI=1S/C29H24N4O3S/c34-27(31-23-12-5-2-6-13-23)20-37-25-15-7-14-24(18-25)32-29(36)26(17-21-9-8-16-30-19-21)33-28(35)22-10-3-1-4-11-22/h1-19H,20H2,(H,31,34)(H,32,36)(H,33,35)/b26-17-. The molecule has 3 N–H and O–H groups in total. The monoisotopic (exact) mass is 508 g/mol. The van der Waals surface area contributed by atoms with Crippen LogP contribution in [0.25, 0.3) is 6.08 Å². The summed E-state index contributed by atoms with van der Waals surface area (Å²) >= 11 is 1.35. The predicted octanol–water partition coefficient (Wildman–Crippen LogP) is 5.22. The Balaban J connectivity index is 1.44. The summed E-state index contributed by atoms with van der Waals surface area (Å²) in [7, 11) is 0. The van der Waals surface area contributed by atoms with Crippen LogP contribution in [0.5, 0.6) is 0 Å². The number of para-hydroxylation sites is 1. The number of anilines is 2. The molecule has 0 radical (unpaired) electrons. The summed E-state index contributed by atoms with van der Waals surface area (Å²) in [5.74, 6) is -0.807. The number of benzene rings is 3. The minimum Gasteiger partial charge on any atom is -0.325 e. The highest BCUT2D eigenvalue weighted by molar-refractivity contribution is 8.00. The molecular formula is C29H24N4O3S. The molecule has 0 aliphatic rings. The van der Waals surface area contributed by atoms with Crippen LogP contribution in [-0.4, -0.2) is 28.5 Å². The Labute approximate surface area is 219 Å². The van der Waals surface area contributed by atoms with E-state index in [-0.39, 0.29) is 17.4 Å². The van der Waals surface area contributed by atoms with Crippen molar-refractivity contribution in [1.29, 1.82) is 0 Å². The summed E-state index contributed by atoms with van der Waals surface area (Å²) in [5, 5.41) is 8.38. The lowest BCUT2D eigenvalue weighted by Crippen LogP contribution is -2.30. The molecule has 3 aromatic carbocycles. The maximum atomic E-state index is 13.2. The summed E-state index contributed by atoms with van der Waals surface area (Å²) in [6.07, 6.45) is 4.79. The van der Waals surface area contributed by atoms with Crippen molar-refractivity contribution in [2.75, 3.05) is 16.4 Å². The molecule has 8 heteroatoms. The molecule has 1 heterocycles. The van der Waals surface area contributed by atoms with E-state index in [1.54, 1.807) is 73.1 Å². The smallest absolute Gasteiger partial charge is 0.272 e. The molecule has 37 heavy (non-hydrogen) atoms. The Hall–Kier alpha value is -4.69. The van der Waals surface area contributed by atoms with Gasteiger partial charge in [0.2, 0.25) is 5.91 Å². The van der Waals surface area contributed by atoms with Gasteiger partial charge in [-0.3, -0.25) is 19.4 Å². The normalized spacial score (nSPS) is 10.9. The zero-order valence-electron chi connectivity index (χ0n) is 19.8. The Bertz CT molecular complexity index is 1390. The summed E-state index contributed by atoms with van der Waals surface area (Å²) in [6, 6.07) is 28.6. The van der Waals surface area contributed by atoms with E-state index in [0.29, 0.717) is 16.8 Å². The molecule has 3 amide bonds. The highest BCUT2D eigenvalue weighted by Gasteiger charge is 2.15. The maximum Gasteiger partial charge on any atom is 0.272 e. The number of hydrogen-bond acceptors (Lipinski definition) is 5. The van der Waals surface area contributed by atoms with Gasteiger partial charge in [0.25, 0.3) is 11.8 Å². The number of carbonyl (C=O) groups excluding carboxylic acids is 3. The minimum atomic E-state index is -0.489. The lowest BCUT2D eigenvalue weighted by molar-refractivity contribution is -0.114. The number of carbonyl (C=O) groups is 3. The number of aromatic nitrogens is 1. The highest BCUT2D eigenvalue weighted by Crippen LogP contribution is 2.22. The van der Waals surface area contributed by atoms with E-state index in [1.165, 1.54) is 11.8 Å². The van der Waals surface area contributed by atoms with E-state index >= 15 is 0 Å². The van der Waals surface area contributed by atoms with Crippen molar-refractivity contribution in [1.82, 2.24) is 10.3 Å². The zero-order valence-corrected chi connectivity index (χ0v) is 20.6. The molecule has 184 valence electrons. The Morgan fingerprint density at radius 1 is 0.784 bits per heavy atom. The second kappa shape index (κ2) is 12.9. The van der Waals surface area contributed by atoms with Crippen LogP contribution in [0.2, 0.25) is 0 Å². The molecule has 0 saturated carbocycles. The fraction of sp³-hybridized carbons (Fsp3) is 0.0345. The number of pyridine rings is 1. The molecule has 0 unspecified atom stereocenters. The number of nitrogens with one attached hydrogen (secondary N) is 3.